The van der Waals surface area contributed by atoms with Crippen molar-refractivity contribution in [3.63, 3.8) is 0 Å². The topological polar surface area (TPSA) is 69.6 Å². The number of hydrogen-bond acceptors (Lipinski definition) is 4. The zero-order valence-electron chi connectivity index (χ0n) is 8.71. The molecule has 0 fully saturated rings. The van der Waals surface area contributed by atoms with Crippen molar-refractivity contribution < 1.29 is 0 Å². The van der Waals surface area contributed by atoms with Crippen LogP contribution in [0.15, 0.2) is 36.7 Å². The Morgan fingerprint density at radius 2 is 2.00 bits per heavy atom. The van der Waals surface area contributed by atoms with E-state index < -0.39 is 0 Å². The number of benzene rings is 1. The lowest BCUT2D eigenvalue weighted by Gasteiger charge is -2.05. The normalized spacial score (nSPS) is 10.9. The summed E-state index contributed by atoms with van der Waals surface area (Å²) >= 11 is 5.89. The first-order valence-corrected chi connectivity index (χ1v) is 5.34. The highest BCUT2D eigenvalue weighted by molar-refractivity contribution is 6.28. The molecule has 0 aliphatic rings. The summed E-state index contributed by atoms with van der Waals surface area (Å²) in [5, 5.41) is 5.18. The molecule has 0 bridgehead atoms. The summed E-state index contributed by atoms with van der Waals surface area (Å²) in [6, 6.07) is 7.60. The summed E-state index contributed by atoms with van der Waals surface area (Å²) in [4.78, 5) is 8.33. The minimum Gasteiger partial charge on any atom is -0.396 e. The molecule has 3 rings (SSSR count). The van der Waals surface area contributed by atoms with Gasteiger partial charge in [-0.1, -0.05) is 12.1 Å². The fraction of sp³-hybridized carbons (Fsp3) is 0. The SMILES string of the molecule is Nc1cnn(-c2nc(Cl)nc3ccccc23)c1. The standard InChI is InChI=1S/C11H8ClN5/c12-11-15-9-4-2-1-3-8(9)10(16-11)17-6-7(13)5-14-17/h1-6H,13H2. The fourth-order valence-corrected chi connectivity index (χ4v) is 1.83. The highest BCUT2D eigenvalue weighted by atomic mass is 35.5. The molecule has 84 valence electrons. The third kappa shape index (κ3) is 1.70. The van der Waals surface area contributed by atoms with Crippen LogP contribution in [0.3, 0.4) is 0 Å². The molecule has 3 aromatic rings. The molecule has 0 saturated heterocycles. The molecule has 2 aromatic heterocycles. The van der Waals surface area contributed by atoms with Crippen molar-refractivity contribution in [1.29, 1.82) is 0 Å². The Morgan fingerprint density at radius 1 is 1.18 bits per heavy atom. The highest BCUT2D eigenvalue weighted by Gasteiger charge is 2.08. The van der Waals surface area contributed by atoms with Crippen molar-refractivity contribution in [1.82, 2.24) is 19.7 Å². The predicted molar refractivity (Wildman–Crippen MR) is 66.1 cm³/mol. The zero-order chi connectivity index (χ0) is 11.8. The van der Waals surface area contributed by atoms with Crippen LogP contribution in [-0.2, 0) is 0 Å². The maximum Gasteiger partial charge on any atom is 0.224 e. The Hall–Kier alpha value is -2.14. The van der Waals surface area contributed by atoms with Gasteiger partial charge in [0, 0.05) is 5.39 Å². The van der Waals surface area contributed by atoms with Gasteiger partial charge in [-0.25, -0.2) is 9.67 Å². The third-order valence-corrected chi connectivity index (χ3v) is 2.54. The van der Waals surface area contributed by atoms with Crippen molar-refractivity contribution in [3.8, 4) is 5.82 Å². The van der Waals surface area contributed by atoms with E-state index in [2.05, 4.69) is 15.1 Å². The van der Waals surface area contributed by atoms with Crippen molar-refractivity contribution >= 4 is 28.2 Å². The van der Waals surface area contributed by atoms with Crippen molar-refractivity contribution in [3.05, 3.63) is 41.9 Å². The zero-order valence-corrected chi connectivity index (χ0v) is 9.46. The summed E-state index contributed by atoms with van der Waals surface area (Å²) in [7, 11) is 0. The van der Waals surface area contributed by atoms with Crippen molar-refractivity contribution in [2.45, 2.75) is 0 Å². The molecular weight excluding hydrogens is 238 g/mol. The molecule has 1 aromatic carbocycles. The molecule has 6 heteroatoms. The highest BCUT2D eigenvalue weighted by Crippen LogP contribution is 2.20. The first-order valence-electron chi connectivity index (χ1n) is 4.97. The van der Waals surface area contributed by atoms with Crippen molar-refractivity contribution in [2.24, 2.45) is 0 Å². The number of hydrogen-bond donors (Lipinski definition) is 1. The summed E-state index contributed by atoms with van der Waals surface area (Å²) in [5.74, 6) is 0.623. The molecule has 0 saturated carbocycles. The minimum atomic E-state index is 0.188. The van der Waals surface area contributed by atoms with Crippen LogP contribution >= 0.6 is 11.6 Å². The summed E-state index contributed by atoms with van der Waals surface area (Å²) in [6.07, 6.45) is 3.25. The van der Waals surface area contributed by atoms with Crippen LogP contribution < -0.4 is 5.73 Å². The molecule has 2 N–H and O–H groups in total. The van der Waals surface area contributed by atoms with E-state index in [0.717, 1.165) is 10.9 Å². The van der Waals surface area contributed by atoms with Gasteiger partial charge in [-0.05, 0) is 23.7 Å². The number of halogens is 1. The largest absolute Gasteiger partial charge is 0.396 e. The van der Waals surface area contributed by atoms with E-state index >= 15 is 0 Å². The molecule has 0 unspecified atom stereocenters. The smallest absolute Gasteiger partial charge is 0.224 e. The molecule has 0 aliphatic carbocycles. The number of rotatable bonds is 1. The van der Waals surface area contributed by atoms with Gasteiger partial charge >= 0.3 is 0 Å². The van der Waals surface area contributed by atoms with Crippen LogP contribution in [0.1, 0.15) is 0 Å². The maximum atomic E-state index is 5.89. The minimum absolute atomic E-state index is 0.188. The molecule has 5 nitrogen and oxygen atoms in total. The number of anilines is 1. The number of aromatic nitrogens is 4. The molecule has 0 aliphatic heterocycles. The molecule has 0 amide bonds. The number of nitrogens with two attached hydrogens (primary N) is 1. The Labute approximate surface area is 102 Å². The van der Waals surface area contributed by atoms with E-state index in [9.17, 15) is 0 Å². The number of nitrogen functional groups attached to an aromatic ring is 1. The Morgan fingerprint density at radius 3 is 2.76 bits per heavy atom. The van der Waals surface area contributed by atoms with Gasteiger partial charge in [0.1, 0.15) is 0 Å². The fourth-order valence-electron chi connectivity index (χ4n) is 1.66. The second-order valence-corrected chi connectivity index (χ2v) is 3.89. The average molecular weight is 246 g/mol. The van der Waals surface area contributed by atoms with Crippen LogP contribution in [0.2, 0.25) is 5.28 Å². The molecule has 17 heavy (non-hydrogen) atoms. The van der Waals surface area contributed by atoms with Crippen LogP contribution in [0, 0.1) is 0 Å². The van der Waals surface area contributed by atoms with Gasteiger partial charge in [0.15, 0.2) is 5.82 Å². The van der Waals surface area contributed by atoms with E-state index in [1.54, 1.807) is 17.1 Å². The molecule has 0 radical (unpaired) electrons. The van der Waals surface area contributed by atoms with Crippen LogP contribution in [0.5, 0.6) is 0 Å². The van der Waals surface area contributed by atoms with Crippen LogP contribution in [0.4, 0.5) is 5.69 Å². The Bertz CT molecular complexity index is 691. The summed E-state index contributed by atoms with van der Waals surface area (Å²) < 4.78 is 1.59. The summed E-state index contributed by atoms with van der Waals surface area (Å²) in [5.41, 5.74) is 6.99. The lowest BCUT2D eigenvalue weighted by atomic mass is 10.2. The lowest BCUT2D eigenvalue weighted by Crippen LogP contribution is -2.01. The third-order valence-electron chi connectivity index (χ3n) is 2.38. The van der Waals surface area contributed by atoms with E-state index in [0.29, 0.717) is 11.5 Å². The van der Waals surface area contributed by atoms with Gasteiger partial charge in [-0.2, -0.15) is 10.1 Å². The molecule has 0 spiro atoms. The lowest BCUT2D eigenvalue weighted by molar-refractivity contribution is 0.851. The van der Waals surface area contributed by atoms with Crippen LogP contribution in [0.25, 0.3) is 16.7 Å². The van der Waals surface area contributed by atoms with E-state index in [1.165, 1.54) is 0 Å². The first-order chi connectivity index (χ1) is 8.24. The second kappa shape index (κ2) is 3.71. The second-order valence-electron chi connectivity index (χ2n) is 3.55. The monoisotopic (exact) mass is 245 g/mol. The van der Waals surface area contributed by atoms with Crippen molar-refractivity contribution in [2.75, 3.05) is 5.73 Å². The van der Waals surface area contributed by atoms with Gasteiger partial charge in [-0.3, -0.25) is 0 Å². The first kappa shape index (κ1) is 10.0. The number of para-hydroxylation sites is 1. The summed E-state index contributed by atoms with van der Waals surface area (Å²) in [6.45, 7) is 0. The van der Waals surface area contributed by atoms with Crippen LogP contribution in [-0.4, -0.2) is 19.7 Å². The van der Waals surface area contributed by atoms with Gasteiger partial charge in [0.25, 0.3) is 0 Å². The number of nitrogens with zero attached hydrogens (tertiary/aromatic N) is 4. The van der Waals surface area contributed by atoms with E-state index in [4.69, 9.17) is 17.3 Å². The van der Waals surface area contributed by atoms with Gasteiger partial charge in [-0.15, -0.1) is 0 Å². The Kier molecular flexibility index (Phi) is 2.19. The van der Waals surface area contributed by atoms with E-state index in [1.807, 2.05) is 24.3 Å². The van der Waals surface area contributed by atoms with Gasteiger partial charge in [0.05, 0.1) is 23.6 Å². The van der Waals surface area contributed by atoms with Gasteiger partial charge < -0.3 is 5.73 Å². The maximum absolute atomic E-state index is 5.89. The van der Waals surface area contributed by atoms with E-state index in [-0.39, 0.29) is 5.28 Å². The number of fused-ring (bicyclic) bond motifs is 1. The average Bonchev–Trinajstić information content (AvgIpc) is 2.74. The van der Waals surface area contributed by atoms with Gasteiger partial charge in [0.2, 0.25) is 5.28 Å². The quantitative estimate of drug-likeness (QED) is 0.666. The molecular formula is C11H8ClN5. The molecule has 0 atom stereocenters. The Balaban J connectivity index is 2.35. The predicted octanol–water partition coefficient (Wildman–Crippen LogP) is 2.05. The molecule has 2 heterocycles.